The molecule has 0 saturated carbocycles. The number of carbonyl (C=O) groups excluding carboxylic acids is 2. The van der Waals surface area contributed by atoms with E-state index in [2.05, 4.69) is 5.32 Å². The molecule has 0 aliphatic carbocycles. The van der Waals surface area contributed by atoms with Crippen LogP contribution in [0.2, 0.25) is 0 Å². The Labute approximate surface area is 110 Å². The van der Waals surface area contributed by atoms with Crippen LogP contribution in [0.15, 0.2) is 24.3 Å². The minimum absolute atomic E-state index is 0.0639. The van der Waals surface area contributed by atoms with Crippen molar-refractivity contribution < 1.29 is 19.5 Å². The minimum atomic E-state index is -1.18. The van der Waals surface area contributed by atoms with E-state index >= 15 is 0 Å². The largest absolute Gasteiger partial charge is 0.481 e. The quantitative estimate of drug-likeness (QED) is 0.799. The molecule has 0 atom stereocenters. The number of carboxylic acid groups (broad SMARTS) is 1. The average molecular weight is 262 g/mol. The van der Waals surface area contributed by atoms with E-state index in [0.29, 0.717) is 18.7 Å². The Morgan fingerprint density at radius 1 is 1.37 bits per heavy atom. The van der Waals surface area contributed by atoms with Gasteiger partial charge in [-0.05, 0) is 24.6 Å². The van der Waals surface area contributed by atoms with E-state index in [-0.39, 0.29) is 5.91 Å². The predicted octanol–water partition coefficient (Wildman–Crippen LogP) is 1.23. The molecule has 0 unspecified atom stereocenters. The second kappa shape index (κ2) is 5.51. The van der Waals surface area contributed by atoms with Crippen LogP contribution in [0, 0.1) is 0 Å². The molecule has 2 N–H and O–H groups in total. The highest BCUT2D eigenvalue weighted by Gasteiger charge is 2.21. The second-order valence-corrected chi connectivity index (χ2v) is 4.32. The molecule has 1 aliphatic heterocycles. The van der Waals surface area contributed by atoms with Crippen LogP contribution in [0.5, 0.6) is 0 Å². The molecular weight excluding hydrogens is 248 g/mol. The van der Waals surface area contributed by atoms with Gasteiger partial charge in [0.25, 0.3) is 0 Å². The third-order valence-electron chi connectivity index (χ3n) is 2.83. The topological polar surface area (TPSA) is 86.7 Å². The summed E-state index contributed by atoms with van der Waals surface area (Å²) in [5.41, 5.74) is 1.21. The van der Waals surface area contributed by atoms with Crippen LogP contribution in [0.3, 0.4) is 0 Å². The molecule has 1 aromatic carbocycles. The van der Waals surface area contributed by atoms with Gasteiger partial charge in [0, 0.05) is 24.3 Å². The van der Waals surface area contributed by atoms with Crippen LogP contribution < -0.4 is 10.2 Å². The van der Waals surface area contributed by atoms with Crippen LogP contribution in [0.1, 0.15) is 19.3 Å². The lowest BCUT2D eigenvalue weighted by atomic mass is 10.2. The first-order chi connectivity index (χ1) is 9.06. The van der Waals surface area contributed by atoms with E-state index < -0.39 is 18.3 Å². The number of hydrogen-bond donors (Lipinski definition) is 2. The third kappa shape index (κ3) is 3.31. The Hall–Kier alpha value is -2.37. The number of rotatable bonds is 4. The van der Waals surface area contributed by atoms with Gasteiger partial charge >= 0.3 is 5.97 Å². The zero-order chi connectivity index (χ0) is 13.8. The molecule has 2 rings (SSSR count). The van der Waals surface area contributed by atoms with Gasteiger partial charge in [0.05, 0.1) is 0 Å². The fraction of sp³-hybridized carbons (Fsp3) is 0.308. The van der Waals surface area contributed by atoms with Crippen molar-refractivity contribution in [2.75, 3.05) is 16.8 Å². The van der Waals surface area contributed by atoms with Crippen molar-refractivity contribution in [3.63, 3.8) is 0 Å². The molecule has 0 radical (unpaired) electrons. The molecule has 1 aromatic rings. The molecule has 100 valence electrons. The fourth-order valence-corrected chi connectivity index (χ4v) is 2.02. The molecule has 1 saturated heterocycles. The van der Waals surface area contributed by atoms with Crippen LogP contribution in [0.25, 0.3) is 0 Å². The number of nitrogens with zero attached hydrogens (tertiary/aromatic N) is 1. The minimum Gasteiger partial charge on any atom is -0.481 e. The number of amides is 2. The zero-order valence-electron chi connectivity index (χ0n) is 10.3. The molecule has 1 aliphatic rings. The van der Waals surface area contributed by atoms with Crippen molar-refractivity contribution in [2.24, 2.45) is 0 Å². The Kier molecular flexibility index (Phi) is 3.79. The SMILES string of the molecule is O=C(O)CC(=O)Nc1cccc(N2CCCC2=O)c1. The van der Waals surface area contributed by atoms with Crippen molar-refractivity contribution in [3.05, 3.63) is 24.3 Å². The average Bonchev–Trinajstić information content (AvgIpc) is 2.74. The Morgan fingerprint density at radius 2 is 2.16 bits per heavy atom. The summed E-state index contributed by atoms with van der Waals surface area (Å²) >= 11 is 0. The highest BCUT2D eigenvalue weighted by molar-refractivity contribution is 6.02. The molecule has 0 aromatic heterocycles. The molecule has 1 fully saturated rings. The van der Waals surface area contributed by atoms with Gasteiger partial charge in [-0.25, -0.2) is 0 Å². The summed E-state index contributed by atoms with van der Waals surface area (Å²) in [4.78, 5) is 35.0. The molecule has 0 bridgehead atoms. The van der Waals surface area contributed by atoms with Gasteiger partial charge in [0.1, 0.15) is 6.42 Å². The number of aliphatic carboxylic acids is 1. The van der Waals surface area contributed by atoms with Crippen molar-refractivity contribution in [3.8, 4) is 0 Å². The van der Waals surface area contributed by atoms with E-state index in [0.717, 1.165) is 12.1 Å². The Bertz CT molecular complexity index is 527. The summed E-state index contributed by atoms with van der Waals surface area (Å²) < 4.78 is 0. The van der Waals surface area contributed by atoms with Crippen molar-refractivity contribution in [1.29, 1.82) is 0 Å². The molecule has 6 nitrogen and oxygen atoms in total. The molecule has 0 spiro atoms. The standard InChI is InChI=1S/C13H14N2O4/c16-11(8-13(18)19)14-9-3-1-4-10(7-9)15-6-2-5-12(15)17/h1,3-4,7H,2,5-6,8H2,(H,14,16)(H,18,19). The van der Waals surface area contributed by atoms with E-state index in [4.69, 9.17) is 5.11 Å². The maximum absolute atomic E-state index is 11.6. The highest BCUT2D eigenvalue weighted by atomic mass is 16.4. The number of benzene rings is 1. The van der Waals surface area contributed by atoms with Gasteiger partial charge in [-0.1, -0.05) is 6.07 Å². The molecule has 1 heterocycles. The van der Waals surface area contributed by atoms with Gasteiger partial charge in [-0.2, -0.15) is 0 Å². The first kappa shape index (κ1) is 13.1. The van der Waals surface area contributed by atoms with Gasteiger partial charge in [-0.3, -0.25) is 14.4 Å². The Morgan fingerprint density at radius 3 is 2.79 bits per heavy atom. The lowest BCUT2D eigenvalue weighted by Crippen LogP contribution is -2.23. The first-order valence-electron chi connectivity index (χ1n) is 5.98. The predicted molar refractivity (Wildman–Crippen MR) is 68.9 cm³/mol. The molecule has 6 heteroatoms. The maximum atomic E-state index is 11.6. The number of anilines is 2. The Balaban J connectivity index is 2.09. The van der Waals surface area contributed by atoms with Crippen LogP contribution in [-0.4, -0.2) is 29.4 Å². The van der Waals surface area contributed by atoms with Crippen LogP contribution in [0.4, 0.5) is 11.4 Å². The summed E-state index contributed by atoms with van der Waals surface area (Å²) in [6, 6.07) is 6.83. The van der Waals surface area contributed by atoms with Gasteiger partial charge in [0.2, 0.25) is 11.8 Å². The highest BCUT2D eigenvalue weighted by Crippen LogP contribution is 2.24. The van der Waals surface area contributed by atoms with E-state index in [9.17, 15) is 14.4 Å². The summed E-state index contributed by atoms with van der Waals surface area (Å²) in [6.07, 6.45) is 0.789. The number of carbonyl (C=O) groups is 3. The monoisotopic (exact) mass is 262 g/mol. The normalized spacial score (nSPS) is 14.5. The number of carboxylic acids is 1. The van der Waals surface area contributed by atoms with Gasteiger partial charge < -0.3 is 15.3 Å². The number of nitrogens with one attached hydrogen (secondary N) is 1. The van der Waals surface area contributed by atoms with E-state index in [1.54, 1.807) is 29.2 Å². The van der Waals surface area contributed by atoms with Crippen LogP contribution in [-0.2, 0) is 14.4 Å². The lowest BCUT2D eigenvalue weighted by molar-refractivity contribution is -0.139. The second-order valence-electron chi connectivity index (χ2n) is 4.32. The number of hydrogen-bond acceptors (Lipinski definition) is 3. The van der Waals surface area contributed by atoms with Gasteiger partial charge in [0.15, 0.2) is 0 Å². The zero-order valence-corrected chi connectivity index (χ0v) is 10.3. The third-order valence-corrected chi connectivity index (χ3v) is 2.83. The summed E-state index contributed by atoms with van der Waals surface area (Å²) in [6.45, 7) is 0.672. The summed E-state index contributed by atoms with van der Waals surface area (Å²) in [5, 5.41) is 11.0. The van der Waals surface area contributed by atoms with E-state index in [1.165, 1.54) is 0 Å². The van der Waals surface area contributed by atoms with Gasteiger partial charge in [-0.15, -0.1) is 0 Å². The summed E-state index contributed by atoms with van der Waals surface area (Å²) in [5.74, 6) is -1.70. The van der Waals surface area contributed by atoms with Crippen molar-refractivity contribution in [2.45, 2.75) is 19.3 Å². The van der Waals surface area contributed by atoms with E-state index in [1.807, 2.05) is 0 Å². The molecular formula is C13H14N2O4. The lowest BCUT2D eigenvalue weighted by Gasteiger charge is -2.16. The molecule has 2 amide bonds. The first-order valence-corrected chi connectivity index (χ1v) is 5.98. The van der Waals surface area contributed by atoms with Crippen molar-refractivity contribution in [1.82, 2.24) is 0 Å². The van der Waals surface area contributed by atoms with Crippen LogP contribution >= 0.6 is 0 Å². The smallest absolute Gasteiger partial charge is 0.312 e. The summed E-state index contributed by atoms with van der Waals surface area (Å²) in [7, 11) is 0. The molecule has 19 heavy (non-hydrogen) atoms. The maximum Gasteiger partial charge on any atom is 0.312 e. The van der Waals surface area contributed by atoms with Crippen molar-refractivity contribution >= 4 is 29.2 Å². The fourth-order valence-electron chi connectivity index (χ4n) is 2.02.